The number of hydrogen-bond acceptors (Lipinski definition) is 1. The molecule has 0 bridgehead atoms. The van der Waals surface area contributed by atoms with Crippen LogP contribution >= 0.6 is 11.3 Å². The van der Waals surface area contributed by atoms with E-state index in [1.54, 1.807) is 0 Å². The summed E-state index contributed by atoms with van der Waals surface area (Å²) in [4.78, 5) is 0. The van der Waals surface area contributed by atoms with Crippen molar-refractivity contribution in [1.29, 1.82) is 0 Å². The summed E-state index contributed by atoms with van der Waals surface area (Å²) in [5.74, 6) is 0. The molecule has 0 N–H and O–H groups in total. The molecule has 0 aliphatic heterocycles. The molecule has 7 aromatic carbocycles. The van der Waals surface area contributed by atoms with Gasteiger partial charge in [-0.3, -0.25) is 0 Å². The minimum Gasteiger partial charge on any atom is -0.309 e. The summed E-state index contributed by atoms with van der Waals surface area (Å²) in [7, 11) is -2.63. The van der Waals surface area contributed by atoms with Gasteiger partial charge in [-0.25, -0.2) is 0 Å². The molecule has 9 aromatic rings. The SMILES string of the molecule is Cc1cccc2c3ccccc3n(-c3ccc4sc5ccc([Si](c6ccccc6)(c6ccccc6)c6ccccc6)cc5c4c3)c12. The second-order valence-electron chi connectivity index (χ2n) is 12.2. The topological polar surface area (TPSA) is 4.93 Å². The van der Waals surface area contributed by atoms with E-state index in [0.717, 1.165) is 0 Å². The third-order valence-corrected chi connectivity index (χ3v) is 15.6. The summed E-state index contributed by atoms with van der Waals surface area (Å²) in [5.41, 5.74) is 5.02. The zero-order valence-corrected chi connectivity index (χ0v) is 27.3. The summed E-state index contributed by atoms with van der Waals surface area (Å²) >= 11 is 1.89. The van der Waals surface area contributed by atoms with Crippen molar-refractivity contribution in [3.05, 3.63) is 175 Å². The number of hydrogen-bond donors (Lipinski definition) is 0. The Morgan fingerprint density at radius 3 is 1.63 bits per heavy atom. The van der Waals surface area contributed by atoms with Gasteiger partial charge >= 0.3 is 0 Å². The number of rotatable bonds is 5. The number of aryl methyl sites for hydroxylation is 1. The van der Waals surface area contributed by atoms with Gasteiger partial charge in [-0.05, 0) is 63.6 Å². The van der Waals surface area contributed by atoms with Gasteiger partial charge in [-0.2, -0.15) is 0 Å². The molecule has 0 aliphatic carbocycles. The van der Waals surface area contributed by atoms with E-state index in [4.69, 9.17) is 0 Å². The van der Waals surface area contributed by atoms with Crippen LogP contribution in [0.3, 0.4) is 0 Å². The van der Waals surface area contributed by atoms with Crippen molar-refractivity contribution in [3.8, 4) is 5.69 Å². The molecule has 0 atom stereocenters. The highest BCUT2D eigenvalue weighted by atomic mass is 32.1. The molecule has 2 aromatic heterocycles. The molecule has 0 amide bonds. The van der Waals surface area contributed by atoms with Gasteiger partial charge in [0.15, 0.2) is 8.07 Å². The van der Waals surface area contributed by atoms with E-state index in [2.05, 4.69) is 181 Å². The first-order valence-electron chi connectivity index (χ1n) is 15.9. The Morgan fingerprint density at radius 2 is 0.978 bits per heavy atom. The van der Waals surface area contributed by atoms with Gasteiger partial charge in [0.05, 0.1) is 11.0 Å². The van der Waals surface area contributed by atoms with Crippen LogP contribution in [-0.4, -0.2) is 12.6 Å². The summed E-state index contributed by atoms with van der Waals surface area (Å²) in [6.07, 6.45) is 0. The van der Waals surface area contributed by atoms with Crippen molar-refractivity contribution in [2.45, 2.75) is 6.92 Å². The second-order valence-corrected chi connectivity index (χ2v) is 17.1. The van der Waals surface area contributed by atoms with Gasteiger partial charge in [0.1, 0.15) is 0 Å². The van der Waals surface area contributed by atoms with Gasteiger partial charge in [0.25, 0.3) is 0 Å². The average molecular weight is 622 g/mol. The molecule has 0 fully saturated rings. The molecule has 0 unspecified atom stereocenters. The molecular weight excluding hydrogens is 591 g/mol. The first-order chi connectivity index (χ1) is 22.7. The predicted molar refractivity (Wildman–Crippen MR) is 202 cm³/mol. The van der Waals surface area contributed by atoms with Crippen molar-refractivity contribution < 1.29 is 0 Å². The summed E-state index contributed by atoms with van der Waals surface area (Å²) in [5, 5.41) is 10.8. The van der Waals surface area contributed by atoms with E-state index in [1.165, 1.54) is 74.0 Å². The van der Waals surface area contributed by atoms with E-state index < -0.39 is 8.07 Å². The van der Waals surface area contributed by atoms with Crippen LogP contribution in [0.5, 0.6) is 0 Å². The van der Waals surface area contributed by atoms with Crippen LogP contribution in [-0.2, 0) is 0 Å². The number of aromatic nitrogens is 1. The Labute approximate surface area is 273 Å². The van der Waals surface area contributed by atoms with Gasteiger partial charge in [0.2, 0.25) is 0 Å². The fraction of sp³-hybridized carbons (Fsp3) is 0.0233. The third-order valence-electron chi connectivity index (χ3n) is 9.66. The Balaban J connectivity index is 1.34. The summed E-state index contributed by atoms with van der Waals surface area (Å²) < 4.78 is 5.11. The lowest BCUT2D eigenvalue weighted by Gasteiger charge is -2.34. The van der Waals surface area contributed by atoms with E-state index in [0.29, 0.717) is 0 Å². The number of benzene rings is 7. The van der Waals surface area contributed by atoms with E-state index in [9.17, 15) is 0 Å². The maximum atomic E-state index is 2.52. The first-order valence-corrected chi connectivity index (χ1v) is 18.7. The minimum atomic E-state index is -2.63. The molecule has 3 heteroatoms. The van der Waals surface area contributed by atoms with Crippen molar-refractivity contribution in [1.82, 2.24) is 4.57 Å². The van der Waals surface area contributed by atoms with E-state index >= 15 is 0 Å². The monoisotopic (exact) mass is 621 g/mol. The van der Waals surface area contributed by atoms with Crippen LogP contribution in [0.4, 0.5) is 0 Å². The smallest absolute Gasteiger partial charge is 0.179 e. The Kier molecular flexibility index (Phi) is 6.31. The molecule has 9 rings (SSSR count). The summed E-state index contributed by atoms with van der Waals surface area (Å²) in [6, 6.07) is 63.4. The highest BCUT2D eigenvalue weighted by Gasteiger charge is 2.41. The molecule has 0 aliphatic rings. The van der Waals surface area contributed by atoms with Crippen LogP contribution in [0.1, 0.15) is 5.56 Å². The third kappa shape index (κ3) is 3.99. The molecule has 0 radical (unpaired) electrons. The quantitative estimate of drug-likeness (QED) is 0.134. The Morgan fingerprint density at radius 1 is 0.435 bits per heavy atom. The lowest BCUT2D eigenvalue weighted by molar-refractivity contribution is 1.17. The normalized spacial score (nSPS) is 12.0. The van der Waals surface area contributed by atoms with Crippen LogP contribution < -0.4 is 20.7 Å². The molecule has 218 valence electrons. The molecule has 0 saturated heterocycles. The number of para-hydroxylation sites is 2. The highest BCUT2D eigenvalue weighted by molar-refractivity contribution is 7.26. The van der Waals surface area contributed by atoms with Crippen LogP contribution in [0.15, 0.2) is 170 Å². The van der Waals surface area contributed by atoms with Crippen molar-refractivity contribution in [3.63, 3.8) is 0 Å². The van der Waals surface area contributed by atoms with Gasteiger partial charge < -0.3 is 4.57 Å². The first kappa shape index (κ1) is 27.1. The van der Waals surface area contributed by atoms with Crippen LogP contribution in [0, 0.1) is 6.92 Å². The zero-order valence-electron chi connectivity index (χ0n) is 25.5. The fourth-order valence-electron chi connectivity index (χ4n) is 7.66. The standard InChI is InChI=1S/C43H31NSSi/c1-30-14-13-22-37-36-21-11-12-23-40(36)44(43(30)37)31-24-26-41-38(28-31)39-29-35(25-27-42(39)45-41)46(32-15-5-2-6-16-32,33-17-7-3-8-18-33)34-19-9-4-10-20-34/h2-29H,1H3. The molecule has 1 nitrogen and oxygen atoms in total. The van der Waals surface area contributed by atoms with Gasteiger partial charge in [-0.15, -0.1) is 11.3 Å². The Hall–Kier alpha value is -5.22. The second kappa shape index (κ2) is 10.7. The summed E-state index contributed by atoms with van der Waals surface area (Å²) in [6.45, 7) is 2.23. The number of nitrogens with zero attached hydrogens (tertiary/aromatic N) is 1. The lowest BCUT2D eigenvalue weighted by atomic mass is 10.1. The van der Waals surface area contributed by atoms with Crippen molar-refractivity contribution in [2.75, 3.05) is 0 Å². The number of thiophene rings is 1. The molecule has 46 heavy (non-hydrogen) atoms. The predicted octanol–water partition coefficient (Wildman–Crippen LogP) is 8.84. The maximum absolute atomic E-state index is 2.63. The zero-order chi connectivity index (χ0) is 30.7. The highest BCUT2D eigenvalue weighted by Crippen LogP contribution is 2.38. The van der Waals surface area contributed by atoms with Gasteiger partial charge in [0, 0.05) is 36.6 Å². The Bertz CT molecular complexity index is 2430. The van der Waals surface area contributed by atoms with Crippen molar-refractivity contribution in [2.24, 2.45) is 0 Å². The molecule has 0 saturated carbocycles. The van der Waals surface area contributed by atoms with Crippen molar-refractivity contribution >= 4 is 82.1 Å². The van der Waals surface area contributed by atoms with Crippen LogP contribution in [0.25, 0.3) is 47.7 Å². The van der Waals surface area contributed by atoms with Crippen LogP contribution in [0.2, 0.25) is 0 Å². The largest absolute Gasteiger partial charge is 0.309 e. The molecule has 2 heterocycles. The average Bonchev–Trinajstić information content (AvgIpc) is 3.66. The minimum absolute atomic E-state index is 1.20. The van der Waals surface area contributed by atoms with Gasteiger partial charge in [-0.1, -0.05) is 140 Å². The maximum Gasteiger partial charge on any atom is 0.179 e. The molecule has 0 spiro atoms. The lowest BCUT2D eigenvalue weighted by Crippen LogP contribution is -2.74. The number of fused-ring (bicyclic) bond motifs is 6. The molecular formula is C43H31NSSi. The fourth-order valence-corrected chi connectivity index (χ4v) is 13.5. The van der Waals surface area contributed by atoms with E-state index in [1.807, 2.05) is 11.3 Å². The van der Waals surface area contributed by atoms with E-state index in [-0.39, 0.29) is 0 Å².